The molecule has 2 saturated carbocycles. The van der Waals surface area contributed by atoms with Crippen LogP contribution in [0, 0.1) is 5.41 Å². The zero-order chi connectivity index (χ0) is 22.0. The Labute approximate surface area is 175 Å². The van der Waals surface area contributed by atoms with Crippen molar-refractivity contribution in [3.63, 3.8) is 0 Å². The van der Waals surface area contributed by atoms with Crippen molar-refractivity contribution < 1.29 is 23.0 Å². The molecule has 7 nitrogen and oxygen atoms in total. The molecular formula is C20H32F3N5O2. The van der Waals surface area contributed by atoms with Crippen LogP contribution < -0.4 is 10.6 Å². The lowest BCUT2D eigenvalue weighted by Gasteiger charge is -2.61. The van der Waals surface area contributed by atoms with Crippen LogP contribution in [-0.2, 0) is 17.4 Å². The van der Waals surface area contributed by atoms with Gasteiger partial charge in [0.2, 0.25) is 5.60 Å². The van der Waals surface area contributed by atoms with Crippen LogP contribution >= 0.6 is 0 Å². The second-order valence-electron chi connectivity index (χ2n) is 8.19. The number of aliphatic hydroxyl groups is 1. The van der Waals surface area contributed by atoms with Crippen molar-refractivity contribution in [3.8, 4) is 0 Å². The monoisotopic (exact) mass is 431 g/mol. The Bertz CT molecular complexity index is 747. The fraction of sp³-hybridized carbons (Fsp3) is 0.800. The summed E-state index contributed by atoms with van der Waals surface area (Å²) in [6.07, 6.45) is 1.57. The smallest absolute Gasteiger partial charge is 0.378 e. The van der Waals surface area contributed by atoms with E-state index in [1.165, 1.54) is 24.0 Å². The summed E-state index contributed by atoms with van der Waals surface area (Å²) in [6.45, 7) is 4.95. The van der Waals surface area contributed by atoms with Gasteiger partial charge in [0.25, 0.3) is 0 Å². The molecule has 30 heavy (non-hydrogen) atoms. The van der Waals surface area contributed by atoms with Crippen LogP contribution in [0.5, 0.6) is 0 Å². The third-order valence-corrected chi connectivity index (χ3v) is 6.50. The number of alkyl halides is 3. The van der Waals surface area contributed by atoms with E-state index in [9.17, 15) is 18.3 Å². The summed E-state index contributed by atoms with van der Waals surface area (Å²) in [7, 11) is 1.43. The number of aromatic nitrogens is 2. The van der Waals surface area contributed by atoms with Crippen LogP contribution in [0.2, 0.25) is 0 Å². The molecule has 3 atom stereocenters. The van der Waals surface area contributed by atoms with E-state index in [0.717, 1.165) is 25.7 Å². The second kappa shape index (κ2) is 8.74. The van der Waals surface area contributed by atoms with Gasteiger partial charge in [-0.1, -0.05) is 6.42 Å². The molecule has 2 aliphatic rings. The molecule has 3 unspecified atom stereocenters. The van der Waals surface area contributed by atoms with E-state index in [-0.39, 0.29) is 24.1 Å². The number of ether oxygens (including phenoxy) is 1. The van der Waals surface area contributed by atoms with Crippen molar-refractivity contribution in [1.29, 1.82) is 0 Å². The molecule has 3 rings (SSSR count). The van der Waals surface area contributed by atoms with Gasteiger partial charge in [-0.05, 0) is 33.1 Å². The summed E-state index contributed by atoms with van der Waals surface area (Å²) < 4.78 is 48.0. The maximum absolute atomic E-state index is 13.7. The first kappa shape index (κ1) is 22.9. The first-order chi connectivity index (χ1) is 14.2. The molecular weight excluding hydrogens is 399 g/mol. The highest BCUT2D eigenvalue weighted by Crippen LogP contribution is 2.57. The SMILES string of the molecule is CCNC(=NCCC(O)(c1nccn1C)C(F)(F)F)NC1CC(OCC)C12CCC2. The largest absolute Gasteiger partial charge is 0.424 e. The number of nitrogens with zero attached hydrogens (tertiary/aromatic N) is 3. The van der Waals surface area contributed by atoms with Crippen LogP contribution in [0.3, 0.4) is 0 Å². The van der Waals surface area contributed by atoms with E-state index < -0.39 is 24.0 Å². The summed E-state index contributed by atoms with van der Waals surface area (Å²) in [4.78, 5) is 8.05. The lowest BCUT2D eigenvalue weighted by Crippen LogP contribution is -2.68. The molecule has 10 heteroatoms. The Morgan fingerprint density at radius 1 is 1.40 bits per heavy atom. The number of imidazole rings is 1. The summed E-state index contributed by atoms with van der Waals surface area (Å²) in [5.41, 5.74) is -2.95. The van der Waals surface area contributed by atoms with Gasteiger partial charge in [0.05, 0.1) is 6.10 Å². The highest BCUT2D eigenvalue weighted by Gasteiger charge is 2.59. The van der Waals surface area contributed by atoms with Crippen LogP contribution in [0.1, 0.15) is 51.8 Å². The molecule has 0 bridgehead atoms. The Balaban J connectivity index is 1.68. The van der Waals surface area contributed by atoms with E-state index in [0.29, 0.717) is 19.1 Å². The highest BCUT2D eigenvalue weighted by molar-refractivity contribution is 5.80. The molecule has 1 aromatic heterocycles. The fourth-order valence-corrected chi connectivity index (χ4v) is 4.60. The predicted octanol–water partition coefficient (Wildman–Crippen LogP) is 2.46. The van der Waals surface area contributed by atoms with Gasteiger partial charge in [-0.25, -0.2) is 4.98 Å². The molecule has 1 aromatic rings. The quantitative estimate of drug-likeness (QED) is 0.435. The van der Waals surface area contributed by atoms with Crippen molar-refractivity contribution in [2.75, 3.05) is 19.7 Å². The molecule has 170 valence electrons. The number of rotatable bonds is 8. The minimum atomic E-state index is -4.86. The van der Waals surface area contributed by atoms with E-state index in [4.69, 9.17) is 4.74 Å². The third-order valence-electron chi connectivity index (χ3n) is 6.50. The summed E-state index contributed by atoms with van der Waals surface area (Å²) in [5.74, 6) is 0.0308. The second-order valence-corrected chi connectivity index (χ2v) is 8.19. The van der Waals surface area contributed by atoms with Crippen molar-refractivity contribution in [1.82, 2.24) is 20.2 Å². The van der Waals surface area contributed by atoms with E-state index >= 15 is 0 Å². The lowest BCUT2D eigenvalue weighted by molar-refractivity contribution is -0.272. The van der Waals surface area contributed by atoms with E-state index in [1.54, 1.807) is 0 Å². The van der Waals surface area contributed by atoms with Crippen molar-refractivity contribution in [2.24, 2.45) is 17.5 Å². The number of aliphatic imine (C=N–C) groups is 1. The Morgan fingerprint density at radius 2 is 2.13 bits per heavy atom. The number of nitrogens with one attached hydrogen (secondary N) is 2. The molecule has 0 aliphatic heterocycles. The number of hydrogen-bond acceptors (Lipinski definition) is 4. The predicted molar refractivity (Wildman–Crippen MR) is 107 cm³/mol. The van der Waals surface area contributed by atoms with Crippen LogP contribution in [0.25, 0.3) is 0 Å². The maximum Gasteiger partial charge on any atom is 0.424 e. The van der Waals surface area contributed by atoms with E-state index in [2.05, 4.69) is 20.6 Å². The van der Waals surface area contributed by atoms with E-state index in [1.807, 2.05) is 13.8 Å². The van der Waals surface area contributed by atoms with Gasteiger partial charge >= 0.3 is 6.18 Å². The minimum absolute atomic E-state index is 0.103. The van der Waals surface area contributed by atoms with Crippen molar-refractivity contribution in [2.45, 2.75) is 69.9 Å². The number of guanidine groups is 1. The molecule has 1 spiro atoms. The first-order valence-electron chi connectivity index (χ1n) is 10.6. The Morgan fingerprint density at radius 3 is 2.63 bits per heavy atom. The lowest BCUT2D eigenvalue weighted by atomic mass is 9.51. The average molecular weight is 432 g/mol. The van der Waals surface area contributed by atoms with Gasteiger partial charge in [-0.3, -0.25) is 4.99 Å². The number of hydrogen-bond donors (Lipinski definition) is 3. The maximum atomic E-state index is 13.7. The van der Waals surface area contributed by atoms with Gasteiger partial charge in [0.15, 0.2) is 5.96 Å². The Kier molecular flexibility index (Phi) is 6.66. The normalized spacial score (nSPS) is 25.4. The van der Waals surface area contributed by atoms with Crippen LogP contribution in [0.15, 0.2) is 17.4 Å². The number of aryl methyl sites for hydroxylation is 1. The highest BCUT2D eigenvalue weighted by atomic mass is 19.4. The average Bonchev–Trinajstić information content (AvgIpc) is 3.04. The molecule has 0 saturated heterocycles. The first-order valence-corrected chi connectivity index (χ1v) is 10.6. The molecule has 0 aromatic carbocycles. The van der Waals surface area contributed by atoms with Gasteiger partial charge < -0.3 is 25.0 Å². The Hall–Kier alpha value is -1.81. The topological polar surface area (TPSA) is 83.7 Å². The molecule has 2 aliphatic carbocycles. The molecule has 2 fully saturated rings. The van der Waals surface area contributed by atoms with Crippen LogP contribution in [0.4, 0.5) is 13.2 Å². The summed E-state index contributed by atoms with van der Waals surface area (Å²) >= 11 is 0. The molecule has 0 amide bonds. The molecule has 1 heterocycles. The summed E-state index contributed by atoms with van der Waals surface area (Å²) in [5, 5.41) is 16.9. The van der Waals surface area contributed by atoms with Gasteiger partial charge in [-0.15, -0.1) is 0 Å². The zero-order valence-corrected chi connectivity index (χ0v) is 17.8. The standard InChI is InChI=1S/C20H32F3N5O2/c1-4-24-17(27-14-13-15(30-5-2)18(14)7-6-8-18)26-10-9-19(29,20(21,22)23)16-25-11-12-28(16)3/h11-12,14-15,29H,4-10,13H2,1-3H3,(H2,24,26,27). The van der Waals surface area contributed by atoms with Crippen molar-refractivity contribution in [3.05, 3.63) is 18.2 Å². The van der Waals surface area contributed by atoms with Gasteiger partial charge in [0, 0.05) is 57.0 Å². The molecule has 0 radical (unpaired) electrons. The number of halogens is 3. The van der Waals surface area contributed by atoms with Crippen LogP contribution in [-0.4, -0.2) is 58.6 Å². The molecule has 3 N–H and O–H groups in total. The van der Waals surface area contributed by atoms with Gasteiger partial charge in [0.1, 0.15) is 5.82 Å². The minimum Gasteiger partial charge on any atom is -0.378 e. The van der Waals surface area contributed by atoms with Gasteiger partial charge in [-0.2, -0.15) is 13.2 Å². The third kappa shape index (κ3) is 4.03. The zero-order valence-electron chi connectivity index (χ0n) is 17.8. The summed E-state index contributed by atoms with van der Waals surface area (Å²) in [6, 6.07) is 0.191. The fourth-order valence-electron chi connectivity index (χ4n) is 4.60. The van der Waals surface area contributed by atoms with Crippen molar-refractivity contribution >= 4 is 5.96 Å².